The molecule has 7 atom stereocenters. The zero-order valence-electron chi connectivity index (χ0n) is 17.2. The minimum absolute atomic E-state index is 0. The number of anilines is 1. The first-order valence-electron chi connectivity index (χ1n) is 8.07. The number of rotatable bonds is 8. The Labute approximate surface area is 232 Å². The van der Waals surface area contributed by atoms with Crippen molar-refractivity contribution < 1.29 is 120 Å². The normalized spacial score (nSPS) is 27.7. The summed E-state index contributed by atoms with van der Waals surface area (Å²) in [6.07, 6.45) is -5.45. The third-order valence-electron chi connectivity index (χ3n) is 3.87. The number of ether oxygens (including phenoxy) is 1. The third-order valence-corrected chi connectivity index (χ3v) is 7.60. The zero-order valence-corrected chi connectivity index (χ0v) is 23.9. The van der Waals surface area contributed by atoms with Crippen LogP contribution in [0.4, 0.5) is 5.95 Å². The van der Waals surface area contributed by atoms with E-state index < -0.39 is 60.2 Å². The number of H-pyrrole nitrogens is 1. The summed E-state index contributed by atoms with van der Waals surface area (Å²) in [6.45, 7) is -1.06. The molecule has 180 valence electrons. The van der Waals surface area contributed by atoms with E-state index in [2.05, 4.69) is 28.1 Å². The molecule has 0 amide bonds. The number of aliphatic hydroxyl groups excluding tert-OH is 2. The van der Waals surface area contributed by atoms with E-state index in [1.807, 2.05) is 0 Å². The second kappa shape index (κ2) is 11.9. The van der Waals surface area contributed by atoms with Crippen LogP contribution in [0.3, 0.4) is 0 Å². The number of fused-ring (bicyclic) bond motifs is 1. The van der Waals surface area contributed by atoms with Gasteiger partial charge in [-0.25, -0.2) is 18.2 Å². The number of nitrogen functional groups attached to an aromatic ring is 1. The average Bonchev–Trinajstić information content (AvgIpc) is 3.12. The first kappa shape index (κ1) is 32.5. The molecule has 7 N–H and O–H groups in total. The molecule has 0 aromatic carbocycles. The van der Waals surface area contributed by atoms with Crippen LogP contribution in [0.25, 0.3) is 11.2 Å². The minimum atomic E-state index is -6.04. The molecule has 24 heteroatoms. The Morgan fingerprint density at radius 1 is 1.18 bits per heavy atom. The number of aliphatic hydroxyl groups is 2. The number of imidazole rings is 1. The zero-order chi connectivity index (χ0) is 24.1. The number of aromatic amines is 1. The Hall–Kier alpha value is 0.440. The van der Waals surface area contributed by atoms with Crippen molar-refractivity contribution in [1.29, 1.82) is 0 Å². The summed E-state index contributed by atoms with van der Waals surface area (Å²) >= 11 is 0. The molecule has 0 bridgehead atoms. The first-order chi connectivity index (χ1) is 14.6. The summed E-state index contributed by atoms with van der Waals surface area (Å²) in [7, 11) is -17.5. The van der Waals surface area contributed by atoms with Gasteiger partial charge < -0.3 is 40.3 Å². The number of hydrogen-bond donors (Lipinski definition) is 6. The van der Waals surface area contributed by atoms with Gasteiger partial charge in [-0.2, -0.15) is 4.98 Å². The van der Waals surface area contributed by atoms with Crippen LogP contribution in [0, 0.1) is 0 Å². The van der Waals surface area contributed by atoms with Gasteiger partial charge in [-0.1, -0.05) is 0 Å². The van der Waals surface area contributed by atoms with E-state index in [9.17, 15) is 43.4 Å². The van der Waals surface area contributed by atoms with E-state index >= 15 is 0 Å². The molecule has 1 saturated heterocycles. The van der Waals surface area contributed by atoms with Crippen molar-refractivity contribution >= 4 is 40.6 Å². The van der Waals surface area contributed by atoms with Crippen molar-refractivity contribution in [2.75, 3.05) is 12.3 Å². The minimum Gasteiger partial charge on any atom is -0.756 e. The molecule has 2 aromatic rings. The van der Waals surface area contributed by atoms with E-state index in [0.29, 0.717) is 0 Å². The molecule has 3 unspecified atom stereocenters. The predicted molar refractivity (Wildman–Crippen MR) is 93.9 cm³/mol. The molecule has 19 nitrogen and oxygen atoms in total. The van der Waals surface area contributed by atoms with Crippen molar-refractivity contribution in [1.82, 2.24) is 19.5 Å². The Kier molecular flexibility index (Phi) is 11.3. The van der Waals surface area contributed by atoms with Gasteiger partial charge in [0.1, 0.15) is 18.3 Å². The summed E-state index contributed by atoms with van der Waals surface area (Å²) in [4.78, 5) is 61.1. The van der Waals surface area contributed by atoms with Crippen molar-refractivity contribution in [2.24, 2.45) is 0 Å². The molecule has 0 aliphatic carbocycles. The van der Waals surface area contributed by atoms with Crippen LogP contribution in [0.15, 0.2) is 11.1 Å². The summed E-state index contributed by atoms with van der Waals surface area (Å²) in [6, 6.07) is 0. The third kappa shape index (κ3) is 7.97. The second-order valence-corrected chi connectivity index (χ2v) is 10.5. The van der Waals surface area contributed by atoms with E-state index in [4.69, 9.17) is 15.4 Å². The van der Waals surface area contributed by atoms with Crippen LogP contribution < -0.4 is 80.2 Å². The molecule has 0 spiro atoms. The van der Waals surface area contributed by atoms with Crippen LogP contribution in [-0.2, 0) is 31.6 Å². The van der Waals surface area contributed by atoms with Crippen LogP contribution in [0.5, 0.6) is 0 Å². The Morgan fingerprint density at radius 3 is 2.38 bits per heavy atom. The molecule has 0 saturated carbocycles. The molecule has 2 aromatic heterocycles. The largest absolute Gasteiger partial charge is 1.00 e. The monoisotopic (exact) mass is 577 g/mol. The van der Waals surface area contributed by atoms with Gasteiger partial charge in [0.15, 0.2) is 17.4 Å². The van der Waals surface area contributed by atoms with Gasteiger partial charge in [0.25, 0.3) is 21.2 Å². The van der Waals surface area contributed by atoms with Gasteiger partial charge in [0.05, 0.1) is 12.9 Å². The van der Waals surface area contributed by atoms with Crippen LogP contribution >= 0.6 is 23.5 Å². The topological polar surface area (TPSA) is 305 Å². The average molecular weight is 577 g/mol. The van der Waals surface area contributed by atoms with Crippen molar-refractivity contribution in [3.63, 3.8) is 0 Å². The summed E-state index contributed by atoms with van der Waals surface area (Å²) < 4.78 is 50.8. The summed E-state index contributed by atoms with van der Waals surface area (Å²) in [5, 5.41) is 20.4. The number of nitrogens with two attached hydrogens (primary N) is 1. The molecule has 3 rings (SSSR count). The maximum Gasteiger partial charge on any atom is 1.00 e. The van der Waals surface area contributed by atoms with Crippen LogP contribution in [-0.4, -0.2) is 64.4 Å². The van der Waals surface area contributed by atoms with Gasteiger partial charge in [0.2, 0.25) is 5.95 Å². The second-order valence-electron chi connectivity index (χ2n) is 6.16. The Bertz CT molecular complexity index is 1220. The number of phosphoric acid groups is 3. The number of aromatic nitrogens is 4. The fourth-order valence-corrected chi connectivity index (χ4v) is 5.62. The molecule has 0 radical (unpaired) electrons. The maximum absolute atomic E-state index is 11.8. The molecule has 1 aliphatic heterocycles. The number of phosphoric ester groups is 1. The fraction of sp³-hybridized carbons (Fsp3) is 0.500. The van der Waals surface area contributed by atoms with Crippen LogP contribution in [0.1, 0.15) is 6.23 Å². The molecular weight excluding hydrogens is 563 g/mol. The standard InChI is InChI=1S/C10H16N5O14P3.2Na/c11-10-13-7-4(8(18)14-10)12-2-15(7)9-6(17)5(16)3(27-9)1-26-31(22,23)29-32(24,25)28-30(19,20)21;;/h2-3,5-6,9,16-17H,1H2,(H,22,23)(H,24,25)(H2,19,20,21)(H3,11,13,14,18);;/q;2*+1/p-2/t3-,5-,6-,9-;;/m1../s1/i1+1,2+1,3+1,4+1,5+1,6+1,7+1,8+1,9+1,10+1;;. The smallest absolute Gasteiger partial charge is 0.756 e. The Balaban J connectivity index is 0.00000289. The maximum atomic E-state index is 11.8. The van der Waals surface area contributed by atoms with Gasteiger partial charge in [-0.15, -0.1) is 0 Å². The number of hydrogen-bond acceptors (Lipinski definition) is 15. The van der Waals surface area contributed by atoms with Crippen molar-refractivity contribution in [3.05, 3.63) is 16.7 Å². The quantitative estimate of drug-likeness (QED) is 0.0964. The molecule has 34 heavy (non-hydrogen) atoms. The molecule has 3 heterocycles. The van der Waals surface area contributed by atoms with Gasteiger partial charge >= 0.3 is 66.9 Å². The Morgan fingerprint density at radius 2 is 1.79 bits per heavy atom. The van der Waals surface area contributed by atoms with E-state index in [-0.39, 0.29) is 76.2 Å². The number of nitrogens with one attached hydrogen (secondary N) is 1. The number of nitrogens with zero attached hydrogens (tertiary/aromatic N) is 3. The van der Waals surface area contributed by atoms with Gasteiger partial charge in [-0.05, 0) is 0 Å². The molecular formula is C10H14N5Na2O14P3. The summed E-state index contributed by atoms with van der Waals surface area (Å²) in [5.74, 6) is -0.287. The van der Waals surface area contributed by atoms with E-state index in [1.165, 1.54) is 0 Å². The molecule has 1 fully saturated rings. The van der Waals surface area contributed by atoms with Crippen molar-refractivity contribution in [3.8, 4) is 0 Å². The van der Waals surface area contributed by atoms with E-state index in [1.54, 1.807) is 0 Å². The summed E-state index contributed by atoms with van der Waals surface area (Å²) in [5.41, 5.74) is 4.45. The van der Waals surface area contributed by atoms with Gasteiger partial charge in [0, 0.05) is 0 Å². The van der Waals surface area contributed by atoms with Gasteiger partial charge in [-0.3, -0.25) is 28.0 Å². The SMILES string of the molecule is N[13c]1n[13c]2[13c](n[13cH]n2[13C@@H]2O[13C@H]([13CH2]OP(=O)(O)OP(=O)([O-])OP(=O)([O-])O)[13C@@H](O)[13C@H]2O)[13c](=O)[nH]1.[Na+].[Na+]. The molecule has 1 aliphatic rings. The van der Waals surface area contributed by atoms with E-state index in [0.717, 1.165) is 10.9 Å². The predicted octanol–water partition coefficient (Wildman–Crippen LogP) is -9.59. The fourth-order valence-electron chi connectivity index (χ4n) is 2.68. The first-order valence-corrected chi connectivity index (χ1v) is 12.5. The van der Waals surface area contributed by atoms with Crippen molar-refractivity contribution in [2.45, 2.75) is 24.5 Å². The van der Waals surface area contributed by atoms with Crippen LogP contribution in [0.2, 0.25) is 0 Å².